The number of methoxy groups -OCH3 is 1. The van der Waals surface area contributed by atoms with Gasteiger partial charge in [-0.1, -0.05) is 6.92 Å². The van der Waals surface area contributed by atoms with Crippen molar-refractivity contribution in [3.63, 3.8) is 0 Å². The fraction of sp³-hybridized carbons (Fsp3) is 0.455. The topological polar surface area (TPSA) is 137 Å². The number of ether oxygens (including phenoxy) is 2. The second-order valence-electron chi connectivity index (χ2n) is 7.62. The minimum Gasteiger partial charge on any atom is -0.481 e. The fourth-order valence-corrected chi connectivity index (χ4v) is 3.76. The maximum atomic E-state index is 13.2. The normalized spacial score (nSPS) is 11.6. The lowest BCUT2D eigenvalue weighted by Gasteiger charge is -2.14. The second-order valence-corrected chi connectivity index (χ2v) is 9.46. The first-order valence-corrected chi connectivity index (χ1v) is 12.9. The zero-order valence-corrected chi connectivity index (χ0v) is 20.4. The Bertz CT molecular complexity index is 1260. The molecule has 3 rings (SSSR count). The highest BCUT2D eigenvalue weighted by molar-refractivity contribution is 7.88. The van der Waals surface area contributed by atoms with E-state index in [1.807, 2.05) is 19.1 Å². The molecule has 34 heavy (non-hydrogen) atoms. The van der Waals surface area contributed by atoms with Crippen LogP contribution in [-0.2, 0) is 21.3 Å². The molecule has 0 saturated heterocycles. The third kappa shape index (κ3) is 6.95. The van der Waals surface area contributed by atoms with Gasteiger partial charge in [-0.25, -0.2) is 23.1 Å². The van der Waals surface area contributed by atoms with Crippen molar-refractivity contribution in [1.29, 1.82) is 0 Å². The van der Waals surface area contributed by atoms with E-state index in [2.05, 4.69) is 25.0 Å². The highest BCUT2D eigenvalue weighted by atomic mass is 32.2. The first-order chi connectivity index (χ1) is 16.3. The molecule has 2 N–H and O–H groups in total. The van der Waals surface area contributed by atoms with Gasteiger partial charge in [-0.3, -0.25) is 9.78 Å². The van der Waals surface area contributed by atoms with Gasteiger partial charge < -0.3 is 19.4 Å². The van der Waals surface area contributed by atoms with Gasteiger partial charge in [-0.2, -0.15) is 0 Å². The Balaban J connectivity index is 1.89. The lowest BCUT2D eigenvalue weighted by Crippen LogP contribution is -2.29. The molecule has 3 aromatic heterocycles. The second kappa shape index (κ2) is 11.9. The molecule has 3 aromatic rings. The van der Waals surface area contributed by atoms with Crippen molar-refractivity contribution in [3.05, 3.63) is 40.9 Å². The minimum absolute atomic E-state index is 0.183. The Morgan fingerprint density at radius 2 is 1.94 bits per heavy atom. The highest BCUT2D eigenvalue weighted by Crippen LogP contribution is 2.22. The number of sulfonamides is 1. The van der Waals surface area contributed by atoms with Crippen molar-refractivity contribution in [3.8, 4) is 17.1 Å². The number of anilines is 1. The van der Waals surface area contributed by atoms with Crippen molar-refractivity contribution in [2.75, 3.05) is 45.0 Å². The Kier molecular flexibility index (Phi) is 8.91. The van der Waals surface area contributed by atoms with E-state index in [1.165, 1.54) is 0 Å². The number of nitrogens with zero attached hydrogens (tertiary/aromatic N) is 4. The third-order valence-corrected chi connectivity index (χ3v) is 5.62. The van der Waals surface area contributed by atoms with Crippen molar-refractivity contribution in [1.82, 2.24) is 24.2 Å². The lowest BCUT2D eigenvalue weighted by atomic mass is 10.2. The molecule has 11 nitrogen and oxygen atoms in total. The summed E-state index contributed by atoms with van der Waals surface area (Å²) in [4.78, 5) is 26.4. The summed E-state index contributed by atoms with van der Waals surface area (Å²) in [6, 6.07) is 5.41. The van der Waals surface area contributed by atoms with Gasteiger partial charge in [0.15, 0.2) is 5.82 Å². The SMILES string of the molecule is CCCOCCn1c(=O)c(NCCCNS(C)(=O)=O)nc2cnc(-c3ccc(OC)nc3)cc21. The van der Waals surface area contributed by atoms with E-state index in [0.717, 1.165) is 18.2 Å². The van der Waals surface area contributed by atoms with E-state index in [-0.39, 0.29) is 17.9 Å². The number of nitrogens with one attached hydrogen (secondary N) is 2. The number of pyridine rings is 2. The summed E-state index contributed by atoms with van der Waals surface area (Å²) in [6.07, 6.45) is 5.77. The summed E-state index contributed by atoms with van der Waals surface area (Å²) >= 11 is 0. The summed E-state index contributed by atoms with van der Waals surface area (Å²) < 4.78 is 37.1. The van der Waals surface area contributed by atoms with E-state index < -0.39 is 10.0 Å². The number of hydrogen-bond acceptors (Lipinski definition) is 9. The molecule has 184 valence electrons. The molecule has 0 spiro atoms. The van der Waals surface area contributed by atoms with Gasteiger partial charge in [0, 0.05) is 44.1 Å². The Morgan fingerprint density at radius 3 is 2.62 bits per heavy atom. The zero-order valence-electron chi connectivity index (χ0n) is 19.6. The summed E-state index contributed by atoms with van der Waals surface area (Å²) in [6.45, 7) is 4.01. The third-order valence-electron chi connectivity index (χ3n) is 4.89. The monoisotopic (exact) mass is 490 g/mol. The molecule has 12 heteroatoms. The quantitative estimate of drug-likeness (QED) is 0.343. The van der Waals surface area contributed by atoms with Crippen LogP contribution in [0.5, 0.6) is 5.88 Å². The van der Waals surface area contributed by atoms with Crippen LogP contribution in [0.4, 0.5) is 5.82 Å². The molecule has 0 aliphatic rings. The molecule has 0 unspecified atom stereocenters. The summed E-state index contributed by atoms with van der Waals surface area (Å²) in [5, 5.41) is 3.02. The minimum atomic E-state index is -3.25. The van der Waals surface area contributed by atoms with E-state index >= 15 is 0 Å². The predicted molar refractivity (Wildman–Crippen MR) is 131 cm³/mol. The van der Waals surface area contributed by atoms with Crippen LogP contribution in [0.25, 0.3) is 22.3 Å². The van der Waals surface area contributed by atoms with Crippen LogP contribution in [0.1, 0.15) is 19.8 Å². The molecule has 0 aromatic carbocycles. The summed E-state index contributed by atoms with van der Waals surface area (Å²) in [7, 11) is -1.70. The van der Waals surface area contributed by atoms with Gasteiger partial charge in [0.05, 0.1) is 37.4 Å². The molecule has 0 radical (unpaired) electrons. The maximum Gasteiger partial charge on any atom is 0.293 e. The molecule has 0 fully saturated rings. The van der Waals surface area contributed by atoms with Crippen molar-refractivity contribution in [2.24, 2.45) is 0 Å². The molecular weight excluding hydrogens is 460 g/mol. The van der Waals surface area contributed by atoms with E-state index in [4.69, 9.17) is 9.47 Å². The molecule has 0 aliphatic heterocycles. The molecule has 3 heterocycles. The molecule has 0 saturated carbocycles. The lowest BCUT2D eigenvalue weighted by molar-refractivity contribution is 0.127. The summed E-state index contributed by atoms with van der Waals surface area (Å²) in [5.74, 6) is 0.682. The largest absolute Gasteiger partial charge is 0.481 e. The van der Waals surface area contributed by atoms with Crippen LogP contribution >= 0.6 is 0 Å². The average Bonchev–Trinajstić information content (AvgIpc) is 2.82. The van der Waals surface area contributed by atoms with Crippen LogP contribution < -0.4 is 20.3 Å². The molecular formula is C22H30N6O5S. The average molecular weight is 491 g/mol. The number of rotatable bonds is 13. The van der Waals surface area contributed by atoms with Gasteiger partial charge >= 0.3 is 0 Å². The van der Waals surface area contributed by atoms with Gasteiger partial charge in [0.25, 0.3) is 5.56 Å². The van der Waals surface area contributed by atoms with Crippen LogP contribution in [0, 0.1) is 0 Å². The van der Waals surface area contributed by atoms with E-state index in [9.17, 15) is 13.2 Å². The predicted octanol–water partition coefficient (Wildman–Crippen LogP) is 1.64. The van der Waals surface area contributed by atoms with Gasteiger partial charge in [0.1, 0.15) is 5.52 Å². The highest BCUT2D eigenvalue weighted by Gasteiger charge is 2.13. The molecule has 0 aliphatic carbocycles. The fourth-order valence-electron chi connectivity index (χ4n) is 3.25. The Hall–Kier alpha value is -3.09. The van der Waals surface area contributed by atoms with E-state index in [0.29, 0.717) is 55.3 Å². The van der Waals surface area contributed by atoms with E-state index in [1.54, 1.807) is 30.1 Å². The van der Waals surface area contributed by atoms with Crippen LogP contribution in [-0.4, -0.2) is 67.6 Å². The van der Waals surface area contributed by atoms with Crippen molar-refractivity contribution in [2.45, 2.75) is 26.3 Å². The van der Waals surface area contributed by atoms with Gasteiger partial charge in [-0.05, 0) is 25.0 Å². The van der Waals surface area contributed by atoms with Crippen molar-refractivity contribution >= 4 is 26.9 Å². The number of fused-ring (bicyclic) bond motifs is 1. The first kappa shape index (κ1) is 25.5. The Morgan fingerprint density at radius 1 is 1.12 bits per heavy atom. The van der Waals surface area contributed by atoms with Crippen LogP contribution in [0.3, 0.4) is 0 Å². The zero-order chi connectivity index (χ0) is 24.6. The molecule has 0 atom stereocenters. The number of aromatic nitrogens is 4. The van der Waals surface area contributed by atoms with Crippen molar-refractivity contribution < 1.29 is 17.9 Å². The smallest absolute Gasteiger partial charge is 0.293 e. The molecule has 0 bridgehead atoms. The maximum absolute atomic E-state index is 13.2. The van der Waals surface area contributed by atoms with Gasteiger partial charge in [0.2, 0.25) is 15.9 Å². The van der Waals surface area contributed by atoms with Crippen LogP contribution in [0.2, 0.25) is 0 Å². The molecule has 0 amide bonds. The van der Waals surface area contributed by atoms with Crippen LogP contribution in [0.15, 0.2) is 35.4 Å². The Labute approximate surface area is 198 Å². The standard InChI is InChI=1S/C22H30N6O5S/c1-4-11-33-12-10-28-19-13-17(16-6-7-20(32-2)25-14-16)24-15-18(19)27-21(22(28)29)23-8-5-9-26-34(3,30)31/h6-7,13-15,26H,4-5,8-12H2,1-3H3,(H,23,27). The first-order valence-electron chi connectivity index (χ1n) is 11.0. The van der Waals surface area contributed by atoms with Gasteiger partial charge in [-0.15, -0.1) is 0 Å². The number of hydrogen-bond donors (Lipinski definition) is 2. The summed E-state index contributed by atoms with van der Waals surface area (Å²) in [5.41, 5.74) is 2.34.